The number of aliphatic hydroxyl groups excluding tert-OH is 1. The van der Waals surface area contributed by atoms with Gasteiger partial charge in [0.25, 0.3) is 0 Å². The maximum atomic E-state index is 9.15. The van der Waals surface area contributed by atoms with Gasteiger partial charge in [0.2, 0.25) is 0 Å². The van der Waals surface area contributed by atoms with Gasteiger partial charge in [0.05, 0.1) is 6.10 Å². The van der Waals surface area contributed by atoms with Crippen LogP contribution in [-0.2, 0) is 0 Å². The summed E-state index contributed by atoms with van der Waals surface area (Å²) in [5.41, 5.74) is 0. The van der Waals surface area contributed by atoms with E-state index in [4.69, 9.17) is 5.11 Å². The van der Waals surface area contributed by atoms with Crippen LogP contribution in [0.15, 0.2) is 12.2 Å². The van der Waals surface area contributed by atoms with Crippen LogP contribution in [0.3, 0.4) is 0 Å². The highest BCUT2D eigenvalue weighted by molar-refractivity contribution is 4.81. The fraction of sp³-hybridized carbons (Fsp3) is 0.895. The first kappa shape index (κ1) is 19.7. The first-order valence-electron chi connectivity index (χ1n) is 9.10. The van der Waals surface area contributed by atoms with Crippen molar-refractivity contribution in [1.82, 2.24) is 0 Å². The number of rotatable bonds is 15. The fourth-order valence-corrected chi connectivity index (χ4v) is 2.51. The molecule has 0 saturated carbocycles. The zero-order valence-electron chi connectivity index (χ0n) is 14.1. The van der Waals surface area contributed by atoms with Crippen molar-refractivity contribution >= 4 is 0 Å². The maximum Gasteiger partial charge on any atom is 0.0512 e. The molecule has 0 aliphatic carbocycles. The Morgan fingerprint density at radius 3 is 1.65 bits per heavy atom. The predicted molar refractivity (Wildman–Crippen MR) is 91.1 cm³/mol. The molecule has 120 valence electrons. The van der Waals surface area contributed by atoms with Crippen molar-refractivity contribution in [1.29, 1.82) is 0 Å². The Labute approximate surface area is 127 Å². The molecule has 1 nitrogen and oxygen atoms in total. The van der Waals surface area contributed by atoms with Crippen LogP contribution in [0, 0.1) is 0 Å². The molecule has 0 saturated heterocycles. The minimum absolute atomic E-state index is 0.111. The summed E-state index contributed by atoms with van der Waals surface area (Å²) >= 11 is 0. The molecule has 0 spiro atoms. The van der Waals surface area contributed by atoms with Gasteiger partial charge in [-0.05, 0) is 39.0 Å². The molecule has 1 atom stereocenters. The van der Waals surface area contributed by atoms with Gasteiger partial charge in [-0.15, -0.1) is 0 Å². The molecule has 0 unspecified atom stereocenters. The van der Waals surface area contributed by atoms with Crippen molar-refractivity contribution in [3.63, 3.8) is 0 Å². The predicted octanol–water partition coefficient (Wildman–Crippen LogP) is 6.40. The van der Waals surface area contributed by atoms with Crippen LogP contribution >= 0.6 is 0 Å². The van der Waals surface area contributed by atoms with Gasteiger partial charge in [0, 0.05) is 0 Å². The summed E-state index contributed by atoms with van der Waals surface area (Å²) < 4.78 is 0. The molecule has 0 aliphatic heterocycles. The number of allylic oxidation sites excluding steroid dienone is 2. The Balaban J connectivity index is 3.05. The van der Waals surface area contributed by atoms with E-state index in [2.05, 4.69) is 19.1 Å². The third-order valence-corrected chi connectivity index (χ3v) is 3.88. The van der Waals surface area contributed by atoms with Gasteiger partial charge in [-0.3, -0.25) is 0 Å². The summed E-state index contributed by atoms with van der Waals surface area (Å²) in [6.45, 7) is 4.16. The van der Waals surface area contributed by atoms with Crippen molar-refractivity contribution in [3.05, 3.63) is 12.2 Å². The normalized spacial score (nSPS) is 13.2. The molecule has 0 radical (unpaired) electrons. The number of aliphatic hydroxyl groups is 1. The lowest BCUT2D eigenvalue weighted by atomic mass is 10.1. The monoisotopic (exact) mass is 282 g/mol. The Morgan fingerprint density at radius 2 is 1.15 bits per heavy atom. The molecule has 0 aromatic heterocycles. The summed E-state index contributed by atoms with van der Waals surface area (Å²) in [6, 6.07) is 0. The van der Waals surface area contributed by atoms with E-state index in [1.54, 1.807) is 0 Å². The van der Waals surface area contributed by atoms with Gasteiger partial charge in [-0.1, -0.05) is 76.9 Å². The molecular formula is C19H38O. The van der Waals surface area contributed by atoms with Crippen molar-refractivity contribution in [2.24, 2.45) is 0 Å². The summed E-state index contributed by atoms with van der Waals surface area (Å²) in [7, 11) is 0. The molecule has 0 amide bonds. The van der Waals surface area contributed by atoms with Crippen LogP contribution in [0.4, 0.5) is 0 Å². The van der Waals surface area contributed by atoms with E-state index in [-0.39, 0.29) is 6.10 Å². The van der Waals surface area contributed by atoms with Crippen molar-refractivity contribution < 1.29 is 5.11 Å². The zero-order chi connectivity index (χ0) is 14.9. The average Bonchev–Trinajstić information content (AvgIpc) is 2.43. The van der Waals surface area contributed by atoms with Gasteiger partial charge >= 0.3 is 0 Å². The molecule has 0 fully saturated rings. The fourth-order valence-electron chi connectivity index (χ4n) is 2.51. The molecule has 0 aliphatic rings. The molecule has 1 heteroatoms. The Hall–Kier alpha value is -0.300. The van der Waals surface area contributed by atoms with Crippen LogP contribution < -0.4 is 0 Å². The summed E-state index contributed by atoms with van der Waals surface area (Å²) in [5, 5.41) is 9.15. The quantitative estimate of drug-likeness (QED) is 0.272. The number of hydrogen-bond donors (Lipinski definition) is 1. The first-order chi connectivity index (χ1) is 9.77. The van der Waals surface area contributed by atoms with Gasteiger partial charge in [0.1, 0.15) is 0 Å². The van der Waals surface area contributed by atoms with Crippen LogP contribution in [0.1, 0.15) is 104 Å². The highest BCUT2D eigenvalue weighted by atomic mass is 16.3. The average molecular weight is 283 g/mol. The third-order valence-electron chi connectivity index (χ3n) is 3.88. The maximum absolute atomic E-state index is 9.15. The smallest absolute Gasteiger partial charge is 0.0512 e. The minimum atomic E-state index is -0.111. The molecular weight excluding hydrogens is 244 g/mol. The van der Waals surface area contributed by atoms with Crippen LogP contribution in [0.2, 0.25) is 0 Å². The highest BCUT2D eigenvalue weighted by Gasteiger charge is 1.95. The van der Waals surface area contributed by atoms with Crippen LogP contribution in [0.5, 0.6) is 0 Å². The SMILES string of the molecule is CCCCCCCC/C=C/CCCCCCC[C@@H](C)O. The van der Waals surface area contributed by atoms with Gasteiger partial charge in [0.15, 0.2) is 0 Å². The number of unbranched alkanes of at least 4 members (excludes halogenated alkanes) is 11. The van der Waals surface area contributed by atoms with Crippen LogP contribution in [-0.4, -0.2) is 11.2 Å². The van der Waals surface area contributed by atoms with E-state index in [9.17, 15) is 0 Å². The summed E-state index contributed by atoms with van der Waals surface area (Å²) in [6.07, 6.45) is 23.0. The molecule has 0 bridgehead atoms. The van der Waals surface area contributed by atoms with E-state index in [1.165, 1.54) is 83.5 Å². The molecule has 0 rings (SSSR count). The summed E-state index contributed by atoms with van der Waals surface area (Å²) in [4.78, 5) is 0. The van der Waals surface area contributed by atoms with Crippen molar-refractivity contribution in [2.75, 3.05) is 0 Å². The highest BCUT2D eigenvalue weighted by Crippen LogP contribution is 2.10. The minimum Gasteiger partial charge on any atom is -0.393 e. The van der Waals surface area contributed by atoms with Gasteiger partial charge in [-0.25, -0.2) is 0 Å². The van der Waals surface area contributed by atoms with Crippen LogP contribution in [0.25, 0.3) is 0 Å². The van der Waals surface area contributed by atoms with Crippen molar-refractivity contribution in [2.45, 2.75) is 110 Å². The second kappa shape index (κ2) is 16.8. The molecule has 0 aromatic carbocycles. The lowest BCUT2D eigenvalue weighted by Crippen LogP contribution is -1.98. The molecule has 20 heavy (non-hydrogen) atoms. The van der Waals surface area contributed by atoms with E-state index in [0.717, 1.165) is 6.42 Å². The third kappa shape index (κ3) is 17.7. The Morgan fingerprint density at radius 1 is 0.700 bits per heavy atom. The Bertz CT molecular complexity index is 196. The summed E-state index contributed by atoms with van der Waals surface area (Å²) in [5.74, 6) is 0. The second-order valence-corrected chi connectivity index (χ2v) is 6.22. The standard InChI is InChI=1S/C19H38O/c1-3-4-5-6-7-8-9-10-11-12-13-14-15-16-17-18-19(2)20/h10-11,19-20H,3-9,12-18H2,1-2H3/b11-10+/t19-/m1/s1. The molecule has 0 heterocycles. The molecule has 0 aromatic rings. The van der Waals surface area contributed by atoms with E-state index in [1.807, 2.05) is 6.92 Å². The van der Waals surface area contributed by atoms with Gasteiger partial charge < -0.3 is 5.11 Å². The largest absolute Gasteiger partial charge is 0.393 e. The Kier molecular flexibility index (Phi) is 16.5. The lowest BCUT2D eigenvalue weighted by Gasteiger charge is -2.03. The first-order valence-corrected chi connectivity index (χ1v) is 9.10. The van der Waals surface area contributed by atoms with Crippen molar-refractivity contribution in [3.8, 4) is 0 Å². The topological polar surface area (TPSA) is 20.2 Å². The zero-order valence-corrected chi connectivity index (χ0v) is 14.1. The lowest BCUT2D eigenvalue weighted by molar-refractivity contribution is 0.180. The second-order valence-electron chi connectivity index (χ2n) is 6.22. The number of hydrogen-bond acceptors (Lipinski definition) is 1. The van der Waals surface area contributed by atoms with E-state index in [0.29, 0.717) is 0 Å². The van der Waals surface area contributed by atoms with Gasteiger partial charge in [-0.2, -0.15) is 0 Å². The van der Waals surface area contributed by atoms with E-state index >= 15 is 0 Å². The molecule has 1 N–H and O–H groups in total. The van der Waals surface area contributed by atoms with E-state index < -0.39 is 0 Å².